The molecular formula is C16H22N2O3. The lowest BCUT2D eigenvalue weighted by molar-refractivity contribution is -0.124. The van der Waals surface area contributed by atoms with Crippen LogP contribution >= 0.6 is 0 Å². The van der Waals surface area contributed by atoms with Crippen molar-refractivity contribution in [3.63, 3.8) is 0 Å². The summed E-state index contributed by atoms with van der Waals surface area (Å²) in [6, 6.07) is 6.77. The number of benzene rings is 1. The normalized spacial score (nSPS) is 16.3. The predicted octanol–water partition coefficient (Wildman–Crippen LogP) is 2.47. The molecule has 2 rings (SSSR count). The lowest BCUT2D eigenvalue weighted by atomic mass is 10.2. The molecule has 1 unspecified atom stereocenters. The summed E-state index contributed by atoms with van der Waals surface area (Å²) < 4.78 is 5.87. The van der Waals surface area contributed by atoms with Gasteiger partial charge in [0.15, 0.2) is 0 Å². The highest BCUT2D eigenvalue weighted by Gasteiger charge is 2.17. The molecule has 1 atom stereocenters. The van der Waals surface area contributed by atoms with Crippen LogP contribution in [0.3, 0.4) is 0 Å². The standard InChI is InChI=1S/C16H22N2O3/c1-11(17-12(2)19)16(20)18-13-7-9-15(10-8-13)21-14-5-3-4-6-14/h7-11,14H,3-6H2,1-2H3,(H,17,19)(H,18,20). The van der Waals surface area contributed by atoms with E-state index in [1.165, 1.54) is 19.8 Å². The highest BCUT2D eigenvalue weighted by Crippen LogP contribution is 2.24. The molecule has 1 saturated carbocycles. The fourth-order valence-corrected chi connectivity index (χ4v) is 2.44. The molecular weight excluding hydrogens is 268 g/mol. The van der Waals surface area contributed by atoms with Crippen molar-refractivity contribution in [2.75, 3.05) is 5.32 Å². The fraction of sp³-hybridized carbons (Fsp3) is 0.500. The van der Waals surface area contributed by atoms with Gasteiger partial charge in [0.1, 0.15) is 11.8 Å². The Labute approximate surface area is 125 Å². The summed E-state index contributed by atoms with van der Waals surface area (Å²) in [5.74, 6) is 0.363. The van der Waals surface area contributed by atoms with Crippen molar-refractivity contribution in [1.29, 1.82) is 0 Å². The van der Waals surface area contributed by atoms with E-state index in [1.807, 2.05) is 24.3 Å². The van der Waals surface area contributed by atoms with Crippen LogP contribution in [0.2, 0.25) is 0 Å². The van der Waals surface area contributed by atoms with Gasteiger partial charge >= 0.3 is 0 Å². The van der Waals surface area contributed by atoms with Gasteiger partial charge in [-0.15, -0.1) is 0 Å². The molecule has 114 valence electrons. The molecule has 0 saturated heterocycles. The van der Waals surface area contributed by atoms with Crippen molar-refractivity contribution in [2.45, 2.75) is 51.7 Å². The second-order valence-corrected chi connectivity index (χ2v) is 5.46. The molecule has 2 N–H and O–H groups in total. The number of ether oxygens (including phenoxy) is 1. The smallest absolute Gasteiger partial charge is 0.246 e. The van der Waals surface area contributed by atoms with Gasteiger partial charge in [0.25, 0.3) is 0 Å². The van der Waals surface area contributed by atoms with Gasteiger partial charge in [-0.3, -0.25) is 9.59 Å². The molecule has 0 aliphatic heterocycles. The van der Waals surface area contributed by atoms with E-state index < -0.39 is 6.04 Å². The van der Waals surface area contributed by atoms with Crippen LogP contribution in [-0.4, -0.2) is 24.0 Å². The Morgan fingerprint density at radius 1 is 1.19 bits per heavy atom. The van der Waals surface area contributed by atoms with Gasteiger partial charge in [0.2, 0.25) is 11.8 Å². The molecule has 0 bridgehead atoms. The summed E-state index contributed by atoms with van der Waals surface area (Å²) in [6.07, 6.45) is 5.03. The maximum atomic E-state index is 11.9. The first-order valence-electron chi connectivity index (χ1n) is 7.39. The molecule has 1 aromatic rings. The highest BCUT2D eigenvalue weighted by molar-refractivity contribution is 5.96. The van der Waals surface area contributed by atoms with Gasteiger partial charge in [0.05, 0.1) is 6.10 Å². The first-order chi connectivity index (χ1) is 10.0. The lowest BCUT2D eigenvalue weighted by Crippen LogP contribution is -2.40. The van der Waals surface area contributed by atoms with Crippen molar-refractivity contribution < 1.29 is 14.3 Å². The van der Waals surface area contributed by atoms with Crippen molar-refractivity contribution in [3.05, 3.63) is 24.3 Å². The summed E-state index contributed by atoms with van der Waals surface area (Å²) >= 11 is 0. The molecule has 0 aromatic heterocycles. The Kier molecular flexibility index (Phi) is 5.20. The molecule has 1 aliphatic carbocycles. The van der Waals surface area contributed by atoms with Crippen molar-refractivity contribution in [1.82, 2.24) is 5.32 Å². The number of anilines is 1. The minimum atomic E-state index is -0.558. The quantitative estimate of drug-likeness (QED) is 0.875. The zero-order valence-electron chi connectivity index (χ0n) is 12.5. The van der Waals surface area contributed by atoms with Gasteiger partial charge in [-0.1, -0.05) is 0 Å². The van der Waals surface area contributed by atoms with E-state index >= 15 is 0 Å². The summed E-state index contributed by atoms with van der Waals surface area (Å²) in [5.41, 5.74) is 0.691. The van der Waals surface area contributed by atoms with Crippen LogP contribution in [0.4, 0.5) is 5.69 Å². The van der Waals surface area contributed by atoms with Crippen LogP contribution in [0.25, 0.3) is 0 Å². The average Bonchev–Trinajstić information content (AvgIpc) is 2.93. The van der Waals surface area contributed by atoms with Gasteiger partial charge in [-0.2, -0.15) is 0 Å². The highest BCUT2D eigenvalue weighted by atomic mass is 16.5. The van der Waals surface area contributed by atoms with Crippen LogP contribution in [0.5, 0.6) is 5.75 Å². The van der Waals surface area contributed by atoms with E-state index in [0.29, 0.717) is 11.8 Å². The number of carbonyl (C=O) groups excluding carboxylic acids is 2. The Bertz CT molecular complexity index is 493. The number of rotatable bonds is 5. The Hall–Kier alpha value is -2.04. The van der Waals surface area contributed by atoms with E-state index in [2.05, 4.69) is 10.6 Å². The zero-order valence-corrected chi connectivity index (χ0v) is 12.5. The second kappa shape index (κ2) is 7.11. The van der Waals surface area contributed by atoms with Gasteiger partial charge < -0.3 is 15.4 Å². The topological polar surface area (TPSA) is 67.4 Å². The predicted molar refractivity (Wildman–Crippen MR) is 81.2 cm³/mol. The maximum absolute atomic E-state index is 11.9. The summed E-state index contributed by atoms with van der Waals surface area (Å²) in [6.45, 7) is 3.03. The number of hydrogen-bond donors (Lipinski definition) is 2. The molecule has 1 fully saturated rings. The van der Waals surface area contributed by atoms with E-state index in [4.69, 9.17) is 4.74 Å². The van der Waals surface area contributed by atoms with Crippen LogP contribution < -0.4 is 15.4 Å². The maximum Gasteiger partial charge on any atom is 0.246 e. The van der Waals surface area contributed by atoms with Gasteiger partial charge in [-0.25, -0.2) is 0 Å². The number of amides is 2. The zero-order chi connectivity index (χ0) is 15.2. The van der Waals surface area contributed by atoms with E-state index in [-0.39, 0.29) is 11.8 Å². The van der Waals surface area contributed by atoms with E-state index in [9.17, 15) is 9.59 Å². The third kappa shape index (κ3) is 4.77. The molecule has 2 amide bonds. The van der Waals surface area contributed by atoms with E-state index in [1.54, 1.807) is 6.92 Å². The van der Waals surface area contributed by atoms with E-state index in [0.717, 1.165) is 18.6 Å². The minimum absolute atomic E-state index is 0.224. The molecule has 0 heterocycles. The number of hydrogen-bond acceptors (Lipinski definition) is 3. The summed E-state index contributed by atoms with van der Waals surface area (Å²) in [4.78, 5) is 22.8. The fourth-order valence-electron chi connectivity index (χ4n) is 2.44. The van der Waals surface area contributed by atoms with Crippen LogP contribution in [-0.2, 0) is 9.59 Å². The van der Waals surface area contributed by atoms with Crippen molar-refractivity contribution in [3.8, 4) is 5.75 Å². The second-order valence-electron chi connectivity index (χ2n) is 5.46. The third-order valence-corrected chi connectivity index (χ3v) is 3.54. The van der Waals surface area contributed by atoms with Crippen molar-refractivity contribution in [2.24, 2.45) is 0 Å². The SMILES string of the molecule is CC(=O)NC(C)C(=O)Nc1ccc(OC2CCCC2)cc1. The Morgan fingerprint density at radius 3 is 2.38 bits per heavy atom. The van der Waals surface area contributed by atoms with Crippen LogP contribution in [0.15, 0.2) is 24.3 Å². The first-order valence-corrected chi connectivity index (χ1v) is 7.39. The molecule has 5 heteroatoms. The van der Waals surface area contributed by atoms with Crippen molar-refractivity contribution >= 4 is 17.5 Å². The largest absolute Gasteiger partial charge is 0.490 e. The third-order valence-electron chi connectivity index (χ3n) is 3.54. The summed E-state index contributed by atoms with van der Waals surface area (Å²) in [7, 11) is 0. The molecule has 0 radical (unpaired) electrons. The lowest BCUT2D eigenvalue weighted by Gasteiger charge is -2.15. The molecule has 1 aliphatic rings. The van der Waals surface area contributed by atoms with Crippen LogP contribution in [0.1, 0.15) is 39.5 Å². The number of nitrogens with one attached hydrogen (secondary N) is 2. The Balaban J connectivity index is 1.86. The molecule has 21 heavy (non-hydrogen) atoms. The Morgan fingerprint density at radius 2 is 1.81 bits per heavy atom. The monoisotopic (exact) mass is 290 g/mol. The molecule has 0 spiro atoms. The molecule has 5 nitrogen and oxygen atoms in total. The average molecular weight is 290 g/mol. The first kappa shape index (κ1) is 15.4. The van der Waals surface area contributed by atoms with Crippen LogP contribution in [0, 0.1) is 0 Å². The molecule has 1 aromatic carbocycles. The number of carbonyl (C=O) groups is 2. The minimum Gasteiger partial charge on any atom is -0.490 e. The van der Waals surface area contributed by atoms with Gasteiger partial charge in [-0.05, 0) is 56.9 Å². The van der Waals surface area contributed by atoms with Gasteiger partial charge in [0, 0.05) is 12.6 Å². The summed E-state index contributed by atoms with van der Waals surface area (Å²) in [5, 5.41) is 5.31.